The summed E-state index contributed by atoms with van der Waals surface area (Å²) in [5.74, 6) is -0.201. The molecular formula is C23H29ClN2O2. The lowest BCUT2D eigenvalue weighted by atomic mass is 10.1. The minimum Gasteiger partial charge on any atom is -0.352 e. The van der Waals surface area contributed by atoms with Crippen LogP contribution in [0.4, 0.5) is 0 Å². The Hall–Kier alpha value is -2.33. The molecule has 0 fully saturated rings. The van der Waals surface area contributed by atoms with Crippen molar-refractivity contribution in [1.29, 1.82) is 0 Å². The summed E-state index contributed by atoms with van der Waals surface area (Å²) < 4.78 is 0. The molecule has 1 N–H and O–H groups in total. The topological polar surface area (TPSA) is 49.4 Å². The van der Waals surface area contributed by atoms with Gasteiger partial charge < -0.3 is 10.2 Å². The molecule has 0 spiro atoms. The van der Waals surface area contributed by atoms with Gasteiger partial charge in [0.15, 0.2) is 0 Å². The van der Waals surface area contributed by atoms with Crippen molar-refractivity contribution in [2.75, 3.05) is 0 Å². The normalized spacial score (nSPS) is 11.9. The van der Waals surface area contributed by atoms with Crippen LogP contribution in [0.3, 0.4) is 0 Å². The number of nitrogens with one attached hydrogen (secondary N) is 1. The molecule has 28 heavy (non-hydrogen) atoms. The Bertz CT molecular complexity index is 803. The number of benzene rings is 2. The zero-order chi connectivity index (χ0) is 20.7. The second-order valence-corrected chi connectivity index (χ2v) is 7.91. The summed E-state index contributed by atoms with van der Waals surface area (Å²) in [7, 11) is 0. The Morgan fingerprint density at radius 3 is 2.32 bits per heavy atom. The SMILES string of the molecule is Cc1ccc(CCC(=O)N(Cc2cccc(Cl)c2)[C@@H](C)C(=O)NC(C)C)cc1. The van der Waals surface area contributed by atoms with E-state index >= 15 is 0 Å². The van der Waals surface area contributed by atoms with Crippen LogP contribution in [0.15, 0.2) is 48.5 Å². The lowest BCUT2D eigenvalue weighted by Crippen LogP contribution is -2.49. The first-order valence-corrected chi connectivity index (χ1v) is 10.0. The molecule has 2 aromatic carbocycles. The van der Waals surface area contributed by atoms with E-state index in [9.17, 15) is 9.59 Å². The molecule has 150 valence electrons. The first kappa shape index (κ1) is 22.0. The predicted molar refractivity (Wildman–Crippen MR) is 114 cm³/mol. The Morgan fingerprint density at radius 2 is 1.71 bits per heavy atom. The monoisotopic (exact) mass is 400 g/mol. The zero-order valence-electron chi connectivity index (χ0n) is 17.0. The van der Waals surface area contributed by atoms with Crippen LogP contribution in [0, 0.1) is 6.92 Å². The van der Waals surface area contributed by atoms with Crippen LogP contribution in [0.25, 0.3) is 0 Å². The van der Waals surface area contributed by atoms with Gasteiger partial charge in [0.2, 0.25) is 11.8 Å². The van der Waals surface area contributed by atoms with Crippen molar-refractivity contribution in [3.63, 3.8) is 0 Å². The third-order valence-corrected chi connectivity index (χ3v) is 4.82. The molecule has 5 heteroatoms. The van der Waals surface area contributed by atoms with Gasteiger partial charge in [-0.2, -0.15) is 0 Å². The number of nitrogens with zero attached hydrogens (tertiary/aromatic N) is 1. The first-order chi connectivity index (χ1) is 13.3. The van der Waals surface area contributed by atoms with Gasteiger partial charge in [-0.15, -0.1) is 0 Å². The second-order valence-electron chi connectivity index (χ2n) is 7.48. The number of hydrogen-bond donors (Lipinski definition) is 1. The number of carbonyl (C=O) groups is 2. The van der Waals surface area contributed by atoms with Gasteiger partial charge in [0.1, 0.15) is 6.04 Å². The van der Waals surface area contributed by atoms with Crippen molar-refractivity contribution in [2.24, 2.45) is 0 Å². The fraction of sp³-hybridized carbons (Fsp3) is 0.391. The van der Waals surface area contributed by atoms with Gasteiger partial charge in [0, 0.05) is 24.0 Å². The van der Waals surface area contributed by atoms with E-state index in [1.165, 1.54) is 5.56 Å². The summed E-state index contributed by atoms with van der Waals surface area (Å²) in [6.07, 6.45) is 0.993. The highest BCUT2D eigenvalue weighted by Crippen LogP contribution is 2.16. The van der Waals surface area contributed by atoms with E-state index in [4.69, 9.17) is 11.6 Å². The van der Waals surface area contributed by atoms with Crippen LogP contribution in [0.5, 0.6) is 0 Å². The summed E-state index contributed by atoms with van der Waals surface area (Å²) in [5.41, 5.74) is 3.21. The minimum atomic E-state index is -0.563. The molecular weight excluding hydrogens is 372 g/mol. The standard InChI is InChI=1S/C23H29ClN2O2/c1-16(2)25-23(28)18(4)26(15-20-6-5-7-21(24)14-20)22(27)13-12-19-10-8-17(3)9-11-19/h5-11,14,16,18H,12-13,15H2,1-4H3,(H,25,28)/t18-/m0/s1. The van der Waals surface area contributed by atoms with Gasteiger partial charge in [-0.25, -0.2) is 0 Å². The number of rotatable bonds is 8. The van der Waals surface area contributed by atoms with Crippen LogP contribution in [-0.2, 0) is 22.6 Å². The highest BCUT2D eigenvalue weighted by molar-refractivity contribution is 6.30. The Kier molecular flexibility index (Phi) is 8.06. The van der Waals surface area contributed by atoms with E-state index < -0.39 is 6.04 Å². The quantitative estimate of drug-likeness (QED) is 0.708. The van der Waals surface area contributed by atoms with Crippen LogP contribution >= 0.6 is 11.6 Å². The third kappa shape index (κ3) is 6.68. The zero-order valence-corrected chi connectivity index (χ0v) is 17.8. The van der Waals surface area contributed by atoms with Crippen LogP contribution < -0.4 is 5.32 Å². The van der Waals surface area contributed by atoms with Gasteiger partial charge in [-0.3, -0.25) is 9.59 Å². The average Bonchev–Trinajstić information content (AvgIpc) is 2.64. The average molecular weight is 401 g/mol. The molecule has 0 bridgehead atoms. The smallest absolute Gasteiger partial charge is 0.242 e. The van der Waals surface area contributed by atoms with Crippen molar-refractivity contribution in [1.82, 2.24) is 10.2 Å². The van der Waals surface area contributed by atoms with Crippen molar-refractivity contribution < 1.29 is 9.59 Å². The highest BCUT2D eigenvalue weighted by Gasteiger charge is 2.26. The molecule has 0 saturated heterocycles. The van der Waals surface area contributed by atoms with Gasteiger partial charge in [-0.1, -0.05) is 53.6 Å². The summed E-state index contributed by atoms with van der Waals surface area (Å²) in [4.78, 5) is 27.2. The molecule has 2 rings (SSSR count). The summed E-state index contributed by atoms with van der Waals surface area (Å²) in [6, 6.07) is 15.0. The molecule has 0 aliphatic rings. The Labute approximate surface area is 172 Å². The molecule has 2 amide bonds. The molecule has 4 nitrogen and oxygen atoms in total. The van der Waals surface area contributed by atoms with Crippen LogP contribution in [0.2, 0.25) is 5.02 Å². The largest absolute Gasteiger partial charge is 0.352 e. The molecule has 0 saturated carbocycles. The number of amides is 2. The first-order valence-electron chi connectivity index (χ1n) is 9.66. The molecule has 0 unspecified atom stereocenters. The van der Waals surface area contributed by atoms with E-state index in [1.807, 2.05) is 63.2 Å². The third-order valence-electron chi connectivity index (χ3n) is 4.59. The van der Waals surface area contributed by atoms with Gasteiger partial charge >= 0.3 is 0 Å². The molecule has 0 aliphatic carbocycles. The van der Waals surface area contributed by atoms with Gasteiger partial charge in [-0.05, 0) is 57.4 Å². The van der Waals surface area contributed by atoms with Crippen LogP contribution in [-0.4, -0.2) is 28.8 Å². The molecule has 0 aliphatic heterocycles. The Morgan fingerprint density at radius 1 is 1.04 bits per heavy atom. The van der Waals surface area contributed by atoms with Crippen molar-refractivity contribution in [2.45, 2.75) is 59.2 Å². The molecule has 1 atom stereocenters. The Balaban J connectivity index is 2.14. The second kappa shape index (κ2) is 10.3. The number of halogens is 1. The fourth-order valence-corrected chi connectivity index (χ4v) is 3.18. The molecule has 0 heterocycles. The molecule has 0 radical (unpaired) electrons. The minimum absolute atomic E-state index is 0.0191. The summed E-state index contributed by atoms with van der Waals surface area (Å²) in [5, 5.41) is 3.51. The van der Waals surface area contributed by atoms with E-state index in [1.54, 1.807) is 17.9 Å². The van der Waals surface area contributed by atoms with E-state index in [0.717, 1.165) is 11.1 Å². The van der Waals surface area contributed by atoms with Crippen molar-refractivity contribution in [3.05, 3.63) is 70.2 Å². The van der Waals surface area contributed by atoms with E-state index in [2.05, 4.69) is 5.32 Å². The summed E-state index contributed by atoms with van der Waals surface area (Å²) in [6.45, 7) is 7.97. The van der Waals surface area contributed by atoms with Gasteiger partial charge in [0.05, 0.1) is 0 Å². The van der Waals surface area contributed by atoms with Crippen LogP contribution in [0.1, 0.15) is 43.9 Å². The maximum absolute atomic E-state index is 13.0. The highest BCUT2D eigenvalue weighted by atomic mass is 35.5. The van der Waals surface area contributed by atoms with Crippen molar-refractivity contribution in [3.8, 4) is 0 Å². The maximum atomic E-state index is 13.0. The number of aryl methyl sites for hydroxylation is 2. The molecule has 0 aromatic heterocycles. The van der Waals surface area contributed by atoms with E-state index in [-0.39, 0.29) is 17.9 Å². The number of hydrogen-bond acceptors (Lipinski definition) is 2. The number of carbonyl (C=O) groups excluding carboxylic acids is 2. The summed E-state index contributed by atoms with van der Waals surface area (Å²) >= 11 is 6.09. The lowest BCUT2D eigenvalue weighted by Gasteiger charge is -2.29. The maximum Gasteiger partial charge on any atom is 0.242 e. The fourth-order valence-electron chi connectivity index (χ4n) is 2.97. The molecule has 2 aromatic rings. The van der Waals surface area contributed by atoms with Gasteiger partial charge in [0.25, 0.3) is 0 Å². The predicted octanol–water partition coefficient (Wildman–Crippen LogP) is 4.52. The van der Waals surface area contributed by atoms with E-state index in [0.29, 0.717) is 24.4 Å². The lowest BCUT2D eigenvalue weighted by molar-refractivity contribution is -0.140. The van der Waals surface area contributed by atoms with Crippen molar-refractivity contribution >= 4 is 23.4 Å².